The molecule has 1 aromatic rings. The fourth-order valence-corrected chi connectivity index (χ4v) is 3.24. The summed E-state index contributed by atoms with van der Waals surface area (Å²) in [5.74, 6) is -0.709. The van der Waals surface area contributed by atoms with E-state index < -0.39 is 23.1 Å². The van der Waals surface area contributed by atoms with E-state index in [1.807, 2.05) is 0 Å². The van der Waals surface area contributed by atoms with E-state index in [0.717, 1.165) is 6.07 Å². The van der Waals surface area contributed by atoms with Crippen LogP contribution in [0.1, 0.15) is 36.8 Å². The molecule has 1 N–H and O–H groups in total. The number of ether oxygens (including phenoxy) is 2. The Morgan fingerprint density at radius 3 is 2.10 bits per heavy atom. The highest BCUT2D eigenvalue weighted by Gasteiger charge is 2.48. The minimum atomic E-state index is -4.47. The molecule has 0 radical (unpaired) electrons. The molecule has 0 atom stereocenters. The predicted octanol–water partition coefficient (Wildman–Crippen LogP) is 3.21. The van der Waals surface area contributed by atoms with Crippen LogP contribution in [0.3, 0.4) is 0 Å². The number of halogens is 3. The van der Waals surface area contributed by atoms with Crippen molar-refractivity contribution in [2.45, 2.75) is 43.2 Å². The van der Waals surface area contributed by atoms with Gasteiger partial charge in [0.05, 0.1) is 24.4 Å². The van der Waals surface area contributed by atoms with Crippen LogP contribution in [0.25, 0.3) is 0 Å². The van der Waals surface area contributed by atoms with Crippen molar-refractivity contribution in [1.29, 1.82) is 0 Å². The molecule has 3 rings (SSSR count). The highest BCUT2D eigenvalue weighted by Crippen LogP contribution is 2.47. The molecule has 1 aromatic carbocycles. The maximum Gasteiger partial charge on any atom is 0.416 e. The first-order valence-electron chi connectivity index (χ1n) is 7.02. The fraction of sp³-hybridized carbons (Fsp3) is 0.600. The summed E-state index contributed by atoms with van der Waals surface area (Å²) < 4.78 is 50.4. The molecular formula is C15H17F3O3. The van der Waals surface area contributed by atoms with Crippen LogP contribution in [0.15, 0.2) is 24.3 Å². The van der Waals surface area contributed by atoms with Crippen LogP contribution in [0, 0.1) is 0 Å². The molecule has 0 bridgehead atoms. The van der Waals surface area contributed by atoms with Crippen LogP contribution >= 0.6 is 0 Å². The molecule has 1 saturated carbocycles. The quantitative estimate of drug-likeness (QED) is 0.866. The largest absolute Gasteiger partial charge is 0.416 e. The van der Waals surface area contributed by atoms with E-state index in [-0.39, 0.29) is 18.4 Å². The normalized spacial score (nSPS) is 24.4. The van der Waals surface area contributed by atoms with Gasteiger partial charge in [-0.25, -0.2) is 0 Å². The van der Waals surface area contributed by atoms with Gasteiger partial charge in [-0.1, -0.05) is 18.2 Å². The van der Waals surface area contributed by atoms with Crippen molar-refractivity contribution < 1.29 is 27.8 Å². The maximum absolute atomic E-state index is 13.1. The van der Waals surface area contributed by atoms with Gasteiger partial charge in [-0.15, -0.1) is 0 Å². The zero-order valence-electron chi connectivity index (χ0n) is 11.4. The van der Waals surface area contributed by atoms with E-state index >= 15 is 0 Å². The Bertz CT molecular complexity index is 511. The Kier molecular flexibility index (Phi) is 3.50. The van der Waals surface area contributed by atoms with E-state index in [4.69, 9.17) is 9.47 Å². The fourth-order valence-electron chi connectivity index (χ4n) is 3.24. The second-order valence-corrected chi connectivity index (χ2v) is 5.68. The smallest absolute Gasteiger partial charge is 0.385 e. The van der Waals surface area contributed by atoms with Crippen molar-refractivity contribution in [3.05, 3.63) is 35.4 Å². The minimum absolute atomic E-state index is 0.0506. The molecule has 1 spiro atoms. The summed E-state index contributed by atoms with van der Waals surface area (Å²) in [7, 11) is 0. The van der Waals surface area contributed by atoms with E-state index in [2.05, 4.69) is 0 Å². The van der Waals surface area contributed by atoms with Crippen molar-refractivity contribution >= 4 is 0 Å². The van der Waals surface area contributed by atoms with Crippen molar-refractivity contribution in [2.75, 3.05) is 13.2 Å². The third-order valence-electron chi connectivity index (χ3n) is 4.39. The highest BCUT2D eigenvalue weighted by atomic mass is 19.4. The van der Waals surface area contributed by atoms with Crippen molar-refractivity contribution in [3.63, 3.8) is 0 Å². The summed E-state index contributed by atoms with van der Waals surface area (Å²) in [5, 5.41) is 10.7. The lowest BCUT2D eigenvalue weighted by Crippen LogP contribution is -2.42. The van der Waals surface area contributed by atoms with Gasteiger partial charge < -0.3 is 14.6 Å². The number of alkyl halides is 3. The van der Waals surface area contributed by atoms with Gasteiger partial charge in [-0.05, 0) is 24.5 Å². The molecule has 0 amide bonds. The Hall–Kier alpha value is -1.11. The van der Waals surface area contributed by atoms with E-state index in [0.29, 0.717) is 26.1 Å². The molecule has 116 valence electrons. The third kappa shape index (κ3) is 2.67. The summed E-state index contributed by atoms with van der Waals surface area (Å²) >= 11 is 0. The standard InChI is InChI=1S/C15H17F3O3/c16-15(17,18)12-4-2-1-3-11(12)13(19)5-7-14(8-6-13)20-9-10-21-14/h1-4,19H,5-10H2. The van der Waals surface area contributed by atoms with Gasteiger partial charge in [0.1, 0.15) is 0 Å². The van der Waals surface area contributed by atoms with E-state index in [9.17, 15) is 18.3 Å². The predicted molar refractivity (Wildman–Crippen MR) is 68.4 cm³/mol. The van der Waals surface area contributed by atoms with Crippen LogP contribution < -0.4 is 0 Å². The Labute approximate surface area is 120 Å². The topological polar surface area (TPSA) is 38.7 Å². The van der Waals surface area contributed by atoms with Crippen LogP contribution in [0.2, 0.25) is 0 Å². The molecule has 0 aromatic heterocycles. The van der Waals surface area contributed by atoms with Crippen LogP contribution in [-0.4, -0.2) is 24.1 Å². The van der Waals surface area contributed by atoms with Gasteiger partial charge in [0.15, 0.2) is 5.79 Å². The van der Waals surface area contributed by atoms with Crippen LogP contribution in [0.4, 0.5) is 13.2 Å². The van der Waals surface area contributed by atoms with Crippen LogP contribution in [-0.2, 0) is 21.3 Å². The average Bonchev–Trinajstić information content (AvgIpc) is 2.91. The molecule has 1 aliphatic carbocycles. The molecular weight excluding hydrogens is 285 g/mol. The number of benzene rings is 1. The Balaban J connectivity index is 1.87. The van der Waals surface area contributed by atoms with E-state index in [1.165, 1.54) is 18.2 Å². The molecule has 0 unspecified atom stereocenters. The summed E-state index contributed by atoms with van der Waals surface area (Å²) in [6.07, 6.45) is -3.28. The van der Waals surface area contributed by atoms with Crippen molar-refractivity contribution in [1.82, 2.24) is 0 Å². The zero-order chi connectivity index (χ0) is 15.1. The maximum atomic E-state index is 13.1. The summed E-state index contributed by atoms with van der Waals surface area (Å²) in [6, 6.07) is 5.23. The second kappa shape index (κ2) is 4.97. The van der Waals surface area contributed by atoms with Crippen molar-refractivity contribution in [3.8, 4) is 0 Å². The first-order valence-corrected chi connectivity index (χ1v) is 7.02. The van der Waals surface area contributed by atoms with Gasteiger partial charge in [0, 0.05) is 12.8 Å². The van der Waals surface area contributed by atoms with Crippen LogP contribution in [0.5, 0.6) is 0 Å². The van der Waals surface area contributed by atoms with Gasteiger partial charge in [-0.2, -0.15) is 13.2 Å². The molecule has 1 heterocycles. The average molecular weight is 302 g/mol. The molecule has 3 nitrogen and oxygen atoms in total. The number of hydrogen-bond donors (Lipinski definition) is 1. The number of hydrogen-bond acceptors (Lipinski definition) is 3. The lowest BCUT2D eigenvalue weighted by molar-refractivity contribution is -0.205. The molecule has 2 aliphatic rings. The first kappa shape index (κ1) is 14.8. The molecule has 1 saturated heterocycles. The van der Waals surface area contributed by atoms with Gasteiger partial charge in [-0.3, -0.25) is 0 Å². The number of aliphatic hydroxyl groups is 1. The van der Waals surface area contributed by atoms with Crippen molar-refractivity contribution in [2.24, 2.45) is 0 Å². The first-order chi connectivity index (χ1) is 9.85. The minimum Gasteiger partial charge on any atom is -0.385 e. The monoisotopic (exact) mass is 302 g/mol. The summed E-state index contributed by atoms with van der Waals surface area (Å²) in [6.45, 7) is 0.995. The Morgan fingerprint density at radius 1 is 0.952 bits per heavy atom. The highest BCUT2D eigenvalue weighted by molar-refractivity contribution is 5.35. The summed E-state index contributed by atoms with van der Waals surface area (Å²) in [5.41, 5.74) is -2.30. The molecule has 21 heavy (non-hydrogen) atoms. The van der Waals surface area contributed by atoms with E-state index in [1.54, 1.807) is 0 Å². The molecule has 1 aliphatic heterocycles. The number of rotatable bonds is 1. The van der Waals surface area contributed by atoms with Gasteiger partial charge in [0.25, 0.3) is 0 Å². The lowest BCUT2D eigenvalue weighted by Gasteiger charge is -2.41. The second-order valence-electron chi connectivity index (χ2n) is 5.68. The molecule has 6 heteroatoms. The SMILES string of the molecule is OC1(c2ccccc2C(F)(F)F)CCC2(CC1)OCCO2. The van der Waals surface area contributed by atoms with Gasteiger partial charge >= 0.3 is 6.18 Å². The molecule has 2 fully saturated rings. The van der Waals surface area contributed by atoms with Gasteiger partial charge in [0.2, 0.25) is 0 Å². The Morgan fingerprint density at radius 2 is 1.52 bits per heavy atom. The lowest BCUT2D eigenvalue weighted by atomic mass is 9.75. The third-order valence-corrected chi connectivity index (χ3v) is 4.39. The zero-order valence-corrected chi connectivity index (χ0v) is 11.4. The summed E-state index contributed by atoms with van der Waals surface area (Å²) in [4.78, 5) is 0.